The molecule has 0 radical (unpaired) electrons. The summed E-state index contributed by atoms with van der Waals surface area (Å²) in [6.45, 7) is 0. The Hall–Kier alpha value is -2.90. The van der Waals surface area contributed by atoms with Crippen molar-refractivity contribution in [2.45, 2.75) is 10.6 Å². The SMILES string of the molecule is O=S(=O)(Cc1ccc(-c2nc(-c3ccc(Cl)cc3)no2)o1)c1ccccc1. The van der Waals surface area contributed by atoms with E-state index in [2.05, 4.69) is 10.1 Å². The zero-order chi connectivity index (χ0) is 18.9. The summed E-state index contributed by atoms with van der Waals surface area (Å²) < 4.78 is 35.7. The van der Waals surface area contributed by atoms with Crippen LogP contribution in [0.15, 0.2) is 80.6 Å². The number of benzene rings is 2. The number of halogens is 1. The van der Waals surface area contributed by atoms with E-state index in [-0.39, 0.29) is 16.5 Å². The van der Waals surface area contributed by atoms with E-state index in [1.54, 1.807) is 66.7 Å². The summed E-state index contributed by atoms with van der Waals surface area (Å²) in [7, 11) is -3.50. The molecule has 4 aromatic rings. The third kappa shape index (κ3) is 3.79. The van der Waals surface area contributed by atoms with Gasteiger partial charge in [-0.3, -0.25) is 0 Å². The Kier molecular flexibility index (Phi) is 4.55. The molecule has 0 atom stereocenters. The van der Waals surface area contributed by atoms with Crippen molar-refractivity contribution < 1.29 is 17.4 Å². The highest BCUT2D eigenvalue weighted by molar-refractivity contribution is 7.90. The van der Waals surface area contributed by atoms with E-state index < -0.39 is 9.84 Å². The van der Waals surface area contributed by atoms with Gasteiger partial charge in [-0.05, 0) is 48.5 Å². The van der Waals surface area contributed by atoms with E-state index >= 15 is 0 Å². The van der Waals surface area contributed by atoms with E-state index in [0.29, 0.717) is 22.4 Å². The zero-order valence-corrected chi connectivity index (χ0v) is 15.4. The van der Waals surface area contributed by atoms with Crippen molar-refractivity contribution in [1.29, 1.82) is 0 Å². The minimum Gasteiger partial charge on any atom is -0.455 e. The fourth-order valence-electron chi connectivity index (χ4n) is 2.51. The molecule has 2 aromatic heterocycles. The van der Waals surface area contributed by atoms with Crippen LogP contribution < -0.4 is 0 Å². The van der Waals surface area contributed by atoms with Gasteiger partial charge in [0.15, 0.2) is 15.6 Å². The molecule has 4 rings (SSSR count). The maximum absolute atomic E-state index is 12.4. The third-order valence-electron chi connectivity index (χ3n) is 3.84. The molecule has 0 aliphatic rings. The van der Waals surface area contributed by atoms with Crippen LogP contribution in [0.5, 0.6) is 0 Å². The molecular weight excluding hydrogens is 388 g/mol. The van der Waals surface area contributed by atoms with Crippen molar-refractivity contribution >= 4 is 21.4 Å². The molecular formula is C19H13ClN2O4S. The Balaban J connectivity index is 1.56. The summed E-state index contributed by atoms with van der Waals surface area (Å²) in [4.78, 5) is 4.53. The van der Waals surface area contributed by atoms with Crippen molar-refractivity contribution in [2.75, 3.05) is 0 Å². The van der Waals surface area contributed by atoms with E-state index in [1.165, 1.54) is 0 Å². The van der Waals surface area contributed by atoms with Gasteiger partial charge < -0.3 is 8.94 Å². The van der Waals surface area contributed by atoms with Crippen LogP contribution in [0.1, 0.15) is 5.76 Å². The van der Waals surface area contributed by atoms with Gasteiger partial charge in [0.25, 0.3) is 5.89 Å². The maximum atomic E-state index is 12.4. The molecule has 27 heavy (non-hydrogen) atoms. The Morgan fingerprint density at radius 3 is 2.41 bits per heavy atom. The lowest BCUT2D eigenvalue weighted by molar-refractivity contribution is 0.413. The van der Waals surface area contributed by atoms with Gasteiger partial charge in [0.1, 0.15) is 11.5 Å². The monoisotopic (exact) mass is 400 g/mol. The van der Waals surface area contributed by atoms with Crippen LogP contribution in [-0.2, 0) is 15.6 Å². The first-order chi connectivity index (χ1) is 13.0. The van der Waals surface area contributed by atoms with Crippen LogP contribution in [0.2, 0.25) is 5.02 Å². The molecule has 0 spiro atoms. The van der Waals surface area contributed by atoms with Gasteiger partial charge in [-0.15, -0.1) is 0 Å². The lowest BCUT2D eigenvalue weighted by atomic mass is 10.2. The standard InChI is InChI=1S/C19H13ClN2O4S/c20-14-8-6-13(7-9-14)18-21-19(26-22-18)17-11-10-15(25-17)12-27(23,24)16-4-2-1-3-5-16/h1-11H,12H2. The van der Waals surface area contributed by atoms with Crippen molar-refractivity contribution in [1.82, 2.24) is 10.1 Å². The highest BCUT2D eigenvalue weighted by atomic mass is 35.5. The molecule has 0 saturated carbocycles. The molecule has 0 aliphatic carbocycles. The number of aromatic nitrogens is 2. The molecule has 136 valence electrons. The summed E-state index contributed by atoms with van der Waals surface area (Å²) in [6.07, 6.45) is 0. The lowest BCUT2D eigenvalue weighted by Gasteiger charge is -2.01. The van der Waals surface area contributed by atoms with Gasteiger partial charge in [-0.2, -0.15) is 4.98 Å². The van der Waals surface area contributed by atoms with Crippen molar-refractivity contribution in [3.63, 3.8) is 0 Å². The normalized spacial score (nSPS) is 11.6. The van der Waals surface area contributed by atoms with Crippen molar-refractivity contribution in [3.05, 3.63) is 77.5 Å². The zero-order valence-electron chi connectivity index (χ0n) is 13.9. The maximum Gasteiger partial charge on any atom is 0.293 e. The average Bonchev–Trinajstić information content (AvgIpc) is 3.32. The summed E-state index contributed by atoms with van der Waals surface area (Å²) >= 11 is 5.87. The minimum atomic E-state index is -3.50. The first-order valence-corrected chi connectivity index (χ1v) is 10.0. The Morgan fingerprint density at radius 1 is 0.926 bits per heavy atom. The van der Waals surface area contributed by atoms with Crippen molar-refractivity contribution in [2.24, 2.45) is 0 Å². The predicted octanol–water partition coefficient (Wildman–Crippen LogP) is 4.62. The van der Waals surface area contributed by atoms with Crippen LogP contribution in [0.4, 0.5) is 0 Å². The second-order valence-corrected chi connectivity index (χ2v) is 8.19. The van der Waals surface area contributed by atoms with Gasteiger partial charge in [-0.25, -0.2) is 8.42 Å². The van der Waals surface area contributed by atoms with Gasteiger partial charge in [-0.1, -0.05) is 35.0 Å². The van der Waals surface area contributed by atoms with Crippen molar-refractivity contribution in [3.8, 4) is 23.0 Å². The fourth-order valence-corrected chi connectivity index (χ4v) is 3.90. The van der Waals surface area contributed by atoms with Gasteiger partial charge >= 0.3 is 0 Å². The summed E-state index contributed by atoms with van der Waals surface area (Å²) in [5, 5.41) is 4.53. The summed E-state index contributed by atoms with van der Waals surface area (Å²) in [5.41, 5.74) is 0.743. The summed E-state index contributed by atoms with van der Waals surface area (Å²) in [5.74, 6) is 0.899. The van der Waals surface area contributed by atoms with Crippen LogP contribution in [0.3, 0.4) is 0 Å². The van der Waals surface area contributed by atoms with Crippen LogP contribution in [0, 0.1) is 0 Å². The number of furan rings is 1. The molecule has 0 aliphatic heterocycles. The molecule has 0 amide bonds. The van der Waals surface area contributed by atoms with E-state index in [0.717, 1.165) is 5.56 Å². The molecule has 2 aromatic carbocycles. The number of sulfone groups is 1. The quantitative estimate of drug-likeness (QED) is 0.485. The molecule has 6 nitrogen and oxygen atoms in total. The molecule has 0 saturated heterocycles. The minimum absolute atomic E-state index is 0.170. The third-order valence-corrected chi connectivity index (χ3v) is 5.74. The Bertz CT molecular complexity index is 1170. The van der Waals surface area contributed by atoms with E-state index in [9.17, 15) is 8.42 Å². The van der Waals surface area contributed by atoms with Gasteiger partial charge in [0.05, 0.1) is 4.90 Å². The first kappa shape index (κ1) is 17.5. The van der Waals surface area contributed by atoms with Crippen LogP contribution in [0.25, 0.3) is 23.0 Å². The van der Waals surface area contributed by atoms with Gasteiger partial charge in [0, 0.05) is 10.6 Å². The fraction of sp³-hybridized carbons (Fsp3) is 0.0526. The van der Waals surface area contributed by atoms with Gasteiger partial charge in [0.2, 0.25) is 5.82 Å². The molecule has 8 heteroatoms. The second kappa shape index (κ2) is 7.02. The largest absolute Gasteiger partial charge is 0.455 e. The summed E-state index contributed by atoms with van der Waals surface area (Å²) in [6, 6.07) is 18.4. The average molecular weight is 401 g/mol. The Labute approximate surface area is 160 Å². The number of rotatable bonds is 5. The molecule has 0 N–H and O–H groups in total. The number of nitrogens with zero attached hydrogens (tertiary/aromatic N) is 2. The van der Waals surface area contributed by atoms with E-state index in [4.69, 9.17) is 20.5 Å². The van der Waals surface area contributed by atoms with Crippen LogP contribution in [-0.4, -0.2) is 18.6 Å². The second-order valence-electron chi connectivity index (χ2n) is 5.77. The molecule has 0 unspecified atom stereocenters. The Morgan fingerprint density at radius 2 is 1.67 bits per heavy atom. The molecule has 2 heterocycles. The lowest BCUT2D eigenvalue weighted by Crippen LogP contribution is -2.03. The predicted molar refractivity (Wildman–Crippen MR) is 99.8 cm³/mol. The topological polar surface area (TPSA) is 86.2 Å². The van der Waals surface area contributed by atoms with E-state index in [1.807, 2.05) is 0 Å². The highest BCUT2D eigenvalue weighted by Crippen LogP contribution is 2.26. The molecule has 0 bridgehead atoms. The van der Waals surface area contributed by atoms with Crippen LogP contribution >= 0.6 is 11.6 Å². The molecule has 0 fully saturated rings. The highest BCUT2D eigenvalue weighted by Gasteiger charge is 2.19. The number of hydrogen-bond donors (Lipinski definition) is 0. The first-order valence-electron chi connectivity index (χ1n) is 7.98. The number of hydrogen-bond acceptors (Lipinski definition) is 6. The smallest absolute Gasteiger partial charge is 0.293 e.